The number of aryl methyl sites for hydroxylation is 6. The van der Waals surface area contributed by atoms with Crippen LogP contribution in [0.15, 0.2) is 262 Å². The van der Waals surface area contributed by atoms with E-state index >= 15 is 0 Å². The summed E-state index contributed by atoms with van der Waals surface area (Å²) >= 11 is 0. The molecule has 1 N–H and O–H groups in total. The fourth-order valence-electron chi connectivity index (χ4n) is 18.6. The molecule has 4 fully saturated rings. The number of aromatic nitrogens is 16. The quantitative estimate of drug-likeness (QED) is 0.0524. The molecule has 8 aromatic carbocycles. The number of carbonyl (C=O) groups is 4. The van der Waals surface area contributed by atoms with Crippen molar-refractivity contribution in [1.29, 1.82) is 0 Å². The highest BCUT2D eigenvalue weighted by molar-refractivity contribution is 5.88. The Labute approximate surface area is 762 Å². The summed E-state index contributed by atoms with van der Waals surface area (Å²) in [5.41, 5.74) is 18.8. The largest absolute Gasteiger partial charge is 0.343 e. The van der Waals surface area contributed by atoms with Gasteiger partial charge in [-0.05, 0) is 207 Å². The second-order valence-electron chi connectivity index (χ2n) is 35.3. The molecule has 131 heavy (non-hydrogen) atoms. The minimum atomic E-state index is -0.244. The lowest BCUT2D eigenvalue weighted by molar-refractivity contribution is -0.133. The van der Waals surface area contributed by atoms with Gasteiger partial charge in [-0.2, -0.15) is 35.7 Å². The predicted octanol–water partition coefficient (Wildman–Crippen LogP) is 18.1. The maximum absolute atomic E-state index is 13.0. The summed E-state index contributed by atoms with van der Waals surface area (Å²) in [6, 6.07) is 62.7. The van der Waals surface area contributed by atoms with E-state index in [9.17, 15) is 23.6 Å². The lowest BCUT2D eigenvalue weighted by Gasteiger charge is -2.32. The molecule has 20 rings (SSSR count). The molecule has 0 radical (unpaired) electrons. The topological polar surface area (TPSA) is 247 Å². The Bertz CT molecular complexity index is 6520. The Morgan fingerprint density at radius 2 is 0.748 bits per heavy atom. The van der Waals surface area contributed by atoms with E-state index in [4.69, 9.17) is 6.57 Å². The summed E-state index contributed by atoms with van der Waals surface area (Å²) in [5.74, 6) is 2.87. The van der Waals surface area contributed by atoms with Crippen LogP contribution < -0.4 is 0 Å². The monoisotopic (exact) mass is 1750 g/mol. The minimum absolute atomic E-state index is 0.185. The number of aromatic amines is 1. The molecule has 12 heterocycles. The molecule has 8 aromatic heterocycles. The molecule has 16 aromatic rings. The minimum Gasteiger partial charge on any atom is -0.343 e. The molecule has 0 bridgehead atoms. The molecule has 0 atom stereocenters. The number of amides is 4. The molecular formula is C105H112FN21O4. The standard InChI is InChI=1S/C27H28N6O.C26H28FN5O.C26H29N5O.C26H27N5O/c1-28-20-32-19-25(17-29-32)23-8-9-26-24(15-23)16-30-33(26)18-22-11-13-31(14-12-22)27(34)10-7-21-5-3-2-4-6-21;1-30-18-23(16-28-30)21-5-8-25-22(14-21)15-29-32(25)17-20-10-12-31(13-11-20)26(33)9-4-19-2-6-24(27)7-3-19;1-19-24(17-27-29-19)22-8-9-25-23(15-22)16-28-31(25)18-21-11-13-30(14-12-21)26(32)10-7-20-5-3-2-4-6-20;32-26(9-6-20-4-2-1-3-5-20)30-14-10-21(11-15-30)19-31-25-8-7-22(16-23(25)17-29-31)24-18-27-12-13-28-24/h2-6,8-9,15-17,19,22H,7,10-14,18,20H2;2-3,5-8,14-16,18,20H,4,9-13,17H2,1H3;2-6,8-9,15-17,21H,7,10-14,18H2,1H3,(H,27,29);1-5,7-8,12-13,16-18,21H,6,9-11,14-15,19H2. The van der Waals surface area contributed by atoms with Gasteiger partial charge in [0.05, 0.1) is 77.3 Å². The third-order valence-corrected chi connectivity index (χ3v) is 26.3. The second kappa shape index (κ2) is 42.7. The smallest absolute Gasteiger partial charge is 0.307 e. The van der Waals surface area contributed by atoms with E-state index in [0.29, 0.717) is 55.8 Å². The average Bonchev–Trinajstić information content (AvgIpc) is 1.67. The number of fused-ring (bicyclic) bond motifs is 4. The Hall–Kier alpha value is -14.4. The summed E-state index contributed by atoms with van der Waals surface area (Å²) in [4.78, 5) is 70.5. The molecule has 26 heteroatoms. The van der Waals surface area contributed by atoms with E-state index in [-0.39, 0.29) is 36.1 Å². The molecule has 4 saturated heterocycles. The van der Waals surface area contributed by atoms with Crippen molar-refractivity contribution in [2.75, 3.05) is 52.4 Å². The first-order valence-corrected chi connectivity index (χ1v) is 46.1. The number of H-pyrrole nitrogens is 1. The van der Waals surface area contributed by atoms with Crippen molar-refractivity contribution in [3.05, 3.63) is 308 Å². The van der Waals surface area contributed by atoms with Gasteiger partial charge in [0, 0.05) is 186 Å². The lowest BCUT2D eigenvalue weighted by atomic mass is 9.96. The molecule has 4 aliphatic heterocycles. The zero-order chi connectivity index (χ0) is 89.8. The van der Waals surface area contributed by atoms with Gasteiger partial charge in [-0.25, -0.2) is 15.6 Å². The summed E-state index contributed by atoms with van der Waals surface area (Å²) in [6.45, 7) is 19.4. The van der Waals surface area contributed by atoms with Crippen LogP contribution in [0.4, 0.5) is 4.39 Å². The maximum Gasteiger partial charge on any atom is 0.307 e. The van der Waals surface area contributed by atoms with Crippen LogP contribution in [0, 0.1) is 43.0 Å². The maximum atomic E-state index is 13.0. The fraction of sp³-hybridized carbons (Fsp3) is 0.333. The number of benzene rings is 8. The molecule has 668 valence electrons. The highest BCUT2D eigenvalue weighted by Crippen LogP contribution is 2.34. The van der Waals surface area contributed by atoms with Crippen LogP contribution in [0.1, 0.15) is 105 Å². The summed E-state index contributed by atoms with van der Waals surface area (Å²) in [7, 11) is 1.92. The molecule has 4 aliphatic rings. The molecule has 0 unspecified atom stereocenters. The lowest BCUT2D eigenvalue weighted by Crippen LogP contribution is -2.39. The van der Waals surface area contributed by atoms with Crippen molar-refractivity contribution < 1.29 is 23.6 Å². The van der Waals surface area contributed by atoms with Gasteiger partial charge in [-0.15, -0.1) is 0 Å². The van der Waals surface area contributed by atoms with Crippen LogP contribution in [0.5, 0.6) is 0 Å². The second-order valence-corrected chi connectivity index (χ2v) is 35.3. The van der Waals surface area contributed by atoms with Crippen LogP contribution in [0.25, 0.3) is 93.1 Å². The van der Waals surface area contributed by atoms with Gasteiger partial charge in [0.2, 0.25) is 23.6 Å². The van der Waals surface area contributed by atoms with Gasteiger partial charge in [0.25, 0.3) is 0 Å². The van der Waals surface area contributed by atoms with E-state index in [1.165, 1.54) is 28.8 Å². The van der Waals surface area contributed by atoms with Crippen LogP contribution in [0.2, 0.25) is 0 Å². The van der Waals surface area contributed by atoms with Crippen molar-refractivity contribution in [3.63, 3.8) is 0 Å². The highest BCUT2D eigenvalue weighted by Gasteiger charge is 2.29. The first-order chi connectivity index (χ1) is 64.2. The van der Waals surface area contributed by atoms with Crippen LogP contribution in [0.3, 0.4) is 0 Å². The number of nitrogens with zero attached hydrogens (tertiary/aromatic N) is 20. The number of hydrogen-bond acceptors (Lipinski definition) is 13. The van der Waals surface area contributed by atoms with Gasteiger partial charge >= 0.3 is 6.67 Å². The highest BCUT2D eigenvalue weighted by atomic mass is 19.1. The Morgan fingerprint density at radius 1 is 0.389 bits per heavy atom. The Morgan fingerprint density at radius 3 is 1.11 bits per heavy atom. The van der Waals surface area contributed by atoms with Crippen molar-refractivity contribution in [2.24, 2.45) is 30.7 Å². The zero-order valence-corrected chi connectivity index (χ0v) is 74.6. The van der Waals surface area contributed by atoms with E-state index in [2.05, 4.69) is 184 Å². The number of halogens is 1. The number of hydrogen-bond donors (Lipinski definition) is 1. The van der Waals surface area contributed by atoms with Crippen LogP contribution in [-0.2, 0) is 84.8 Å². The van der Waals surface area contributed by atoms with Crippen molar-refractivity contribution in [1.82, 2.24) is 98.4 Å². The Kier molecular flexibility index (Phi) is 28.9. The predicted molar refractivity (Wildman–Crippen MR) is 509 cm³/mol. The molecule has 0 aliphatic carbocycles. The first kappa shape index (κ1) is 88.7. The van der Waals surface area contributed by atoms with Crippen LogP contribution >= 0.6 is 0 Å². The third-order valence-electron chi connectivity index (χ3n) is 26.3. The van der Waals surface area contributed by atoms with Crippen molar-refractivity contribution in [3.8, 4) is 44.6 Å². The molecule has 0 spiro atoms. The van der Waals surface area contributed by atoms with Gasteiger partial charge in [0.15, 0.2) is 0 Å². The number of nitrogens with one attached hydrogen (secondary N) is 1. The van der Waals surface area contributed by atoms with Gasteiger partial charge in [-0.3, -0.25) is 62.5 Å². The number of likely N-dealkylation sites (tertiary alicyclic amines) is 4. The third kappa shape index (κ3) is 23.0. The Balaban J connectivity index is 0.000000122. The van der Waals surface area contributed by atoms with E-state index in [1.807, 2.05) is 142 Å². The molecule has 0 saturated carbocycles. The van der Waals surface area contributed by atoms with Gasteiger partial charge < -0.3 is 19.6 Å². The van der Waals surface area contributed by atoms with Crippen molar-refractivity contribution >= 4 is 67.2 Å². The molecule has 25 nitrogen and oxygen atoms in total. The normalized spacial score (nSPS) is 14.7. The average molecular weight is 1750 g/mol. The zero-order valence-electron chi connectivity index (χ0n) is 74.6. The molecule has 4 amide bonds. The summed E-state index contributed by atoms with van der Waals surface area (Å²) < 4.78 is 24.9. The fourth-order valence-corrected chi connectivity index (χ4v) is 18.6. The SMILES string of the molecule is Cc1[nH]ncc1-c1ccc2c(cnn2CC2CCN(C(=O)CCc3ccccc3)CC2)c1.Cn1cc(-c2ccc3c(cnn3CC3CCN(C(=O)CCc4ccc(F)cc4)CC3)c2)cn1.O=C(CCc1ccccc1)N1CCC(Cn2ncc3cc(-c4cnccn4)ccc32)CC1.[C-]#[N+]Cn1cc(-c2ccc3c(cnn3CC3CCN(C(=O)CCc4ccccc4)CC3)c2)cn1. The van der Waals surface area contributed by atoms with Gasteiger partial charge in [0.1, 0.15) is 5.82 Å². The molecular weight excluding hydrogens is 1640 g/mol. The van der Waals surface area contributed by atoms with Crippen molar-refractivity contribution in [2.45, 2.75) is 143 Å². The number of rotatable bonds is 25. The number of piperidine rings is 4. The van der Waals surface area contributed by atoms with E-state index in [1.54, 1.807) is 41.6 Å². The van der Waals surface area contributed by atoms with E-state index < -0.39 is 0 Å². The van der Waals surface area contributed by atoms with E-state index in [0.717, 1.165) is 249 Å². The van der Waals surface area contributed by atoms with Gasteiger partial charge in [-0.1, -0.05) is 127 Å². The van der Waals surface area contributed by atoms with Crippen LogP contribution in [-0.4, -0.2) is 174 Å². The summed E-state index contributed by atoms with van der Waals surface area (Å²) in [6.07, 6.45) is 35.8. The number of carbonyl (C=O) groups excluding carboxylic acids is 4. The first-order valence-electron chi connectivity index (χ1n) is 46.1. The summed E-state index contributed by atoms with van der Waals surface area (Å²) in [5, 5.41) is 38.7.